The van der Waals surface area contributed by atoms with Crippen molar-refractivity contribution >= 4 is 26.5 Å². The summed E-state index contributed by atoms with van der Waals surface area (Å²) in [6.45, 7) is 11.9. The van der Waals surface area contributed by atoms with E-state index in [0.29, 0.717) is 22.8 Å². The molecule has 166 valence electrons. The average molecular weight is 448 g/mol. The zero-order chi connectivity index (χ0) is 23.2. The van der Waals surface area contributed by atoms with Gasteiger partial charge in [0.1, 0.15) is 0 Å². The van der Waals surface area contributed by atoms with Gasteiger partial charge in [-0.05, 0) is 80.1 Å². The minimum absolute atomic E-state index is 0.357. The van der Waals surface area contributed by atoms with E-state index in [-0.39, 0.29) is 0 Å². The van der Waals surface area contributed by atoms with E-state index in [1.165, 1.54) is 10.8 Å². The molecule has 0 radical (unpaired) electrons. The Labute approximate surface area is 190 Å². The van der Waals surface area contributed by atoms with Gasteiger partial charge in [0.15, 0.2) is 0 Å². The predicted molar refractivity (Wildman–Crippen MR) is 131 cm³/mol. The maximum absolute atomic E-state index is 13.4. The topological polar surface area (TPSA) is 64.0 Å². The molecule has 0 spiro atoms. The summed E-state index contributed by atoms with van der Waals surface area (Å²) in [4.78, 5) is 0.357. The lowest BCUT2D eigenvalue weighted by Gasteiger charge is -2.17. The van der Waals surface area contributed by atoms with E-state index in [9.17, 15) is 8.42 Å². The van der Waals surface area contributed by atoms with Crippen LogP contribution in [0.15, 0.2) is 53.4 Å². The van der Waals surface area contributed by atoms with E-state index in [4.69, 9.17) is 0 Å². The molecule has 6 heteroatoms. The van der Waals surface area contributed by atoms with Crippen LogP contribution in [0.5, 0.6) is 0 Å². The van der Waals surface area contributed by atoms with E-state index < -0.39 is 10.0 Å². The van der Waals surface area contributed by atoms with Gasteiger partial charge < -0.3 is 0 Å². The van der Waals surface area contributed by atoms with Crippen LogP contribution >= 0.6 is 0 Å². The van der Waals surface area contributed by atoms with Crippen molar-refractivity contribution in [3.05, 3.63) is 87.7 Å². The first kappa shape index (κ1) is 22.1. The van der Waals surface area contributed by atoms with Crippen molar-refractivity contribution < 1.29 is 8.42 Å². The van der Waals surface area contributed by atoms with Gasteiger partial charge in [-0.15, -0.1) is 0 Å². The van der Waals surface area contributed by atoms with Crippen LogP contribution < -0.4 is 4.72 Å². The van der Waals surface area contributed by atoms with Crippen molar-refractivity contribution in [2.45, 2.75) is 53.0 Å². The standard InChI is InChI=1S/C26H29N3O2S/c1-16-14-17(2)19(4)26(18(16)3)32(30,31)28-25-20(5)27-29(21(25)6)15-23-12-9-11-22-10-7-8-13-24(22)23/h7-14,28H,15H2,1-6H3. The quantitative estimate of drug-likeness (QED) is 0.424. The highest BCUT2D eigenvalue weighted by molar-refractivity contribution is 7.92. The van der Waals surface area contributed by atoms with Gasteiger partial charge in [0.05, 0.1) is 28.5 Å². The highest BCUT2D eigenvalue weighted by Crippen LogP contribution is 2.30. The zero-order valence-corrected chi connectivity index (χ0v) is 20.3. The van der Waals surface area contributed by atoms with Gasteiger partial charge in [0, 0.05) is 0 Å². The molecule has 4 rings (SSSR count). The molecule has 4 aromatic rings. The summed E-state index contributed by atoms with van der Waals surface area (Å²) in [6.07, 6.45) is 0. The monoisotopic (exact) mass is 447 g/mol. The van der Waals surface area contributed by atoms with Crippen LogP contribution in [0.3, 0.4) is 0 Å². The van der Waals surface area contributed by atoms with Crippen LogP contribution in [0.25, 0.3) is 10.8 Å². The molecule has 3 aromatic carbocycles. The third-order valence-corrected chi connectivity index (χ3v) is 8.01. The Kier molecular flexibility index (Phi) is 5.59. The zero-order valence-electron chi connectivity index (χ0n) is 19.4. The summed E-state index contributed by atoms with van der Waals surface area (Å²) in [5, 5.41) is 7.01. The molecule has 0 aliphatic heterocycles. The van der Waals surface area contributed by atoms with Crippen LogP contribution in [-0.2, 0) is 16.6 Å². The Morgan fingerprint density at radius 2 is 1.50 bits per heavy atom. The van der Waals surface area contributed by atoms with Gasteiger partial charge in [0.25, 0.3) is 10.0 Å². The second-order valence-corrected chi connectivity index (χ2v) is 10.2. The second-order valence-electron chi connectivity index (χ2n) is 8.54. The largest absolute Gasteiger partial charge is 0.276 e. The number of hydrogen-bond donors (Lipinski definition) is 1. The molecule has 0 atom stereocenters. The predicted octanol–water partition coefficient (Wildman–Crippen LogP) is 5.74. The molecule has 1 aromatic heterocycles. The van der Waals surface area contributed by atoms with E-state index in [2.05, 4.69) is 34.1 Å². The Hall–Kier alpha value is -3.12. The van der Waals surface area contributed by atoms with Crippen LogP contribution in [-0.4, -0.2) is 18.2 Å². The van der Waals surface area contributed by atoms with Crippen LogP contribution in [0, 0.1) is 41.5 Å². The molecule has 0 saturated carbocycles. The number of sulfonamides is 1. The number of benzene rings is 3. The Bertz CT molecular complexity index is 1420. The molecule has 0 bridgehead atoms. The minimum Gasteiger partial charge on any atom is -0.276 e. The van der Waals surface area contributed by atoms with Crippen molar-refractivity contribution in [2.75, 3.05) is 4.72 Å². The fourth-order valence-corrected chi connectivity index (χ4v) is 6.15. The number of nitrogens with zero attached hydrogens (tertiary/aromatic N) is 2. The van der Waals surface area contributed by atoms with Crippen LogP contribution in [0.2, 0.25) is 0 Å². The summed E-state index contributed by atoms with van der Waals surface area (Å²) in [5.41, 5.74) is 6.62. The third kappa shape index (κ3) is 3.79. The summed E-state index contributed by atoms with van der Waals surface area (Å²) < 4.78 is 31.6. The molecule has 1 N–H and O–H groups in total. The molecule has 0 fully saturated rings. The van der Waals surface area contributed by atoms with E-state index in [0.717, 1.165) is 33.5 Å². The lowest BCUT2D eigenvalue weighted by atomic mass is 10.0. The molecule has 0 aliphatic rings. The van der Waals surface area contributed by atoms with Gasteiger partial charge in [-0.2, -0.15) is 5.10 Å². The van der Waals surface area contributed by atoms with Gasteiger partial charge in [-0.1, -0.05) is 48.5 Å². The summed E-state index contributed by atoms with van der Waals surface area (Å²) >= 11 is 0. The number of hydrogen-bond acceptors (Lipinski definition) is 3. The van der Waals surface area contributed by atoms with Crippen molar-refractivity contribution in [1.29, 1.82) is 0 Å². The number of nitrogens with one attached hydrogen (secondary N) is 1. The molecule has 0 saturated heterocycles. The molecular formula is C26H29N3O2S. The number of rotatable bonds is 5. The normalized spacial score (nSPS) is 11.8. The lowest BCUT2D eigenvalue weighted by Crippen LogP contribution is -2.18. The highest BCUT2D eigenvalue weighted by Gasteiger charge is 2.25. The number of anilines is 1. The van der Waals surface area contributed by atoms with Crippen molar-refractivity contribution in [1.82, 2.24) is 9.78 Å². The van der Waals surface area contributed by atoms with Gasteiger partial charge in [-0.25, -0.2) is 8.42 Å². The molecule has 5 nitrogen and oxygen atoms in total. The maximum Gasteiger partial charge on any atom is 0.262 e. The Morgan fingerprint density at radius 1 is 0.875 bits per heavy atom. The highest BCUT2D eigenvalue weighted by atomic mass is 32.2. The fourth-order valence-electron chi connectivity index (χ4n) is 4.36. The third-order valence-electron chi connectivity index (χ3n) is 6.38. The summed E-state index contributed by atoms with van der Waals surface area (Å²) in [6, 6.07) is 16.5. The van der Waals surface area contributed by atoms with Crippen molar-refractivity contribution in [2.24, 2.45) is 0 Å². The molecule has 0 amide bonds. The van der Waals surface area contributed by atoms with Gasteiger partial charge in [0.2, 0.25) is 0 Å². The average Bonchev–Trinajstić information content (AvgIpc) is 2.99. The van der Waals surface area contributed by atoms with Gasteiger partial charge >= 0.3 is 0 Å². The van der Waals surface area contributed by atoms with Crippen molar-refractivity contribution in [3.63, 3.8) is 0 Å². The summed E-state index contributed by atoms with van der Waals surface area (Å²) in [7, 11) is -3.76. The summed E-state index contributed by atoms with van der Waals surface area (Å²) in [5.74, 6) is 0. The number of aromatic nitrogens is 2. The Balaban J connectivity index is 1.73. The molecular weight excluding hydrogens is 418 g/mol. The minimum atomic E-state index is -3.76. The van der Waals surface area contributed by atoms with Crippen LogP contribution in [0.1, 0.15) is 39.2 Å². The molecule has 0 aliphatic carbocycles. The maximum atomic E-state index is 13.4. The first-order valence-electron chi connectivity index (χ1n) is 10.7. The molecule has 0 unspecified atom stereocenters. The number of aryl methyl sites for hydroxylation is 3. The van der Waals surface area contributed by atoms with Gasteiger partial charge in [-0.3, -0.25) is 9.40 Å². The second kappa shape index (κ2) is 8.10. The van der Waals surface area contributed by atoms with E-state index in [1.807, 2.05) is 70.5 Å². The van der Waals surface area contributed by atoms with Crippen molar-refractivity contribution in [3.8, 4) is 0 Å². The molecule has 32 heavy (non-hydrogen) atoms. The lowest BCUT2D eigenvalue weighted by molar-refractivity contribution is 0.599. The first-order chi connectivity index (χ1) is 15.1. The first-order valence-corrected chi connectivity index (χ1v) is 12.2. The molecule has 1 heterocycles. The Morgan fingerprint density at radius 3 is 2.19 bits per heavy atom. The van der Waals surface area contributed by atoms with E-state index in [1.54, 1.807) is 0 Å². The van der Waals surface area contributed by atoms with Crippen LogP contribution in [0.4, 0.5) is 5.69 Å². The van der Waals surface area contributed by atoms with E-state index >= 15 is 0 Å². The SMILES string of the molecule is Cc1cc(C)c(C)c(S(=O)(=O)Nc2c(C)nn(Cc3cccc4ccccc34)c2C)c1C. The number of fused-ring (bicyclic) bond motifs is 1. The fraction of sp³-hybridized carbons (Fsp3) is 0.269. The smallest absolute Gasteiger partial charge is 0.262 e.